The topological polar surface area (TPSA) is 76.6 Å². The number of hydrogen-bond acceptors (Lipinski definition) is 7. The average Bonchev–Trinajstić information content (AvgIpc) is 3.29. The zero-order chi connectivity index (χ0) is 27.3. The number of hydrogen-bond donors (Lipinski definition) is 1. The third-order valence-electron chi connectivity index (χ3n) is 5.46. The van der Waals surface area contributed by atoms with Crippen molar-refractivity contribution in [3.8, 4) is 17.6 Å². The zero-order valence-corrected chi connectivity index (χ0v) is 22.9. The Labute approximate surface area is 229 Å². The van der Waals surface area contributed by atoms with Gasteiger partial charge in [0.05, 0.1) is 28.9 Å². The highest BCUT2D eigenvalue weighted by molar-refractivity contribution is 7.19. The molecule has 0 aliphatic carbocycles. The fourth-order valence-electron chi connectivity index (χ4n) is 3.53. The molecule has 0 aliphatic rings. The van der Waals surface area contributed by atoms with Gasteiger partial charge in [-0.25, -0.2) is 19.2 Å². The predicted octanol–water partition coefficient (Wildman–Crippen LogP) is 7.02. The monoisotopic (exact) mass is 552 g/mol. The summed E-state index contributed by atoms with van der Waals surface area (Å²) in [6.45, 7) is 6.20. The summed E-state index contributed by atoms with van der Waals surface area (Å²) in [6.07, 6.45) is 1.05. The molecule has 0 bridgehead atoms. The number of amides is 1. The molecule has 2 heterocycles. The molecule has 1 N–H and O–H groups in total. The van der Waals surface area contributed by atoms with Gasteiger partial charge in [-0.1, -0.05) is 35.6 Å². The summed E-state index contributed by atoms with van der Waals surface area (Å²) in [5, 5.41) is 4.49. The molecule has 0 saturated carbocycles. The summed E-state index contributed by atoms with van der Waals surface area (Å²) in [6, 6.07) is 13.4. The van der Waals surface area contributed by atoms with E-state index in [1.807, 2.05) is 32.9 Å². The highest BCUT2D eigenvalue weighted by atomic mass is 35.5. The molecule has 0 radical (unpaired) electrons. The smallest absolute Gasteiger partial charge is 0.410 e. The Hall–Kier alpha value is -3.87. The standard InChI is InChI=1S/C28H26ClFN4O3S/c1-28(2,3)34(27(35)36-4)12-6-9-21-15-22-25(31-17-32-26(22)38-21)33-20-10-11-24(23(29)14-20)37-16-18-7-5-8-19(30)13-18/h5,7-8,10-11,13-15,17H,12,16H2,1-4H3,(H,31,32,33). The van der Waals surface area contributed by atoms with E-state index < -0.39 is 11.6 Å². The molecular weight excluding hydrogens is 527 g/mol. The van der Waals surface area contributed by atoms with E-state index in [1.54, 1.807) is 29.2 Å². The van der Waals surface area contributed by atoms with E-state index in [-0.39, 0.29) is 19.0 Å². The Morgan fingerprint density at radius 1 is 1.18 bits per heavy atom. The van der Waals surface area contributed by atoms with Crippen molar-refractivity contribution in [3.05, 3.63) is 76.1 Å². The summed E-state index contributed by atoms with van der Waals surface area (Å²) >= 11 is 7.87. The number of rotatable bonds is 6. The van der Waals surface area contributed by atoms with Gasteiger partial charge in [-0.2, -0.15) is 0 Å². The molecular formula is C28H26ClFN4O3S. The number of anilines is 2. The zero-order valence-electron chi connectivity index (χ0n) is 21.3. The molecule has 0 spiro atoms. The number of thiophene rings is 1. The van der Waals surface area contributed by atoms with Gasteiger partial charge < -0.3 is 14.8 Å². The highest BCUT2D eigenvalue weighted by Gasteiger charge is 2.26. The van der Waals surface area contributed by atoms with Crippen LogP contribution >= 0.6 is 22.9 Å². The number of carbonyl (C=O) groups excluding carboxylic acids is 1. The molecule has 38 heavy (non-hydrogen) atoms. The van der Waals surface area contributed by atoms with E-state index >= 15 is 0 Å². The molecule has 0 atom stereocenters. The number of halogens is 2. The first kappa shape index (κ1) is 27.2. The lowest BCUT2D eigenvalue weighted by atomic mass is 10.1. The van der Waals surface area contributed by atoms with Gasteiger partial charge in [0.15, 0.2) is 0 Å². The average molecular weight is 553 g/mol. The van der Waals surface area contributed by atoms with E-state index in [4.69, 9.17) is 21.1 Å². The van der Waals surface area contributed by atoms with E-state index in [9.17, 15) is 9.18 Å². The normalized spacial score (nSPS) is 11.0. The van der Waals surface area contributed by atoms with Gasteiger partial charge in [0, 0.05) is 11.2 Å². The molecule has 4 rings (SSSR count). The molecule has 7 nitrogen and oxygen atoms in total. The maximum atomic E-state index is 13.4. The molecule has 0 unspecified atom stereocenters. The van der Waals surface area contributed by atoms with Crippen LogP contribution in [0.4, 0.5) is 20.7 Å². The van der Waals surface area contributed by atoms with Crippen LogP contribution in [0.15, 0.2) is 54.9 Å². The van der Waals surface area contributed by atoms with E-state index in [0.717, 1.165) is 15.1 Å². The van der Waals surface area contributed by atoms with Gasteiger partial charge in [0.2, 0.25) is 0 Å². The number of nitrogens with one attached hydrogen (secondary N) is 1. The summed E-state index contributed by atoms with van der Waals surface area (Å²) < 4.78 is 24.0. The maximum Gasteiger partial charge on any atom is 0.410 e. The van der Waals surface area contributed by atoms with Crippen molar-refractivity contribution >= 4 is 50.8 Å². The minimum absolute atomic E-state index is 0.197. The van der Waals surface area contributed by atoms with Crippen molar-refractivity contribution in [1.82, 2.24) is 14.9 Å². The molecule has 2 aromatic heterocycles. The SMILES string of the molecule is COC(=O)N(CC#Cc1cc2c(Nc3ccc(OCc4cccc(F)c4)c(Cl)c3)ncnc2s1)C(C)(C)C. The predicted molar refractivity (Wildman–Crippen MR) is 149 cm³/mol. The third kappa shape index (κ3) is 6.71. The molecule has 2 aromatic carbocycles. The Bertz CT molecular complexity index is 1520. The second kappa shape index (κ2) is 11.7. The lowest BCUT2D eigenvalue weighted by molar-refractivity contribution is 0.0919. The maximum absolute atomic E-state index is 13.4. The van der Waals surface area contributed by atoms with Crippen molar-refractivity contribution < 1.29 is 18.7 Å². The van der Waals surface area contributed by atoms with Crippen LogP contribution in [-0.2, 0) is 11.3 Å². The van der Waals surface area contributed by atoms with Gasteiger partial charge in [-0.3, -0.25) is 4.90 Å². The van der Waals surface area contributed by atoms with Crippen LogP contribution in [0.2, 0.25) is 5.02 Å². The van der Waals surface area contributed by atoms with E-state index in [1.165, 1.54) is 36.9 Å². The van der Waals surface area contributed by atoms with Crippen LogP contribution in [0.5, 0.6) is 5.75 Å². The fraction of sp³-hybridized carbons (Fsp3) is 0.250. The van der Waals surface area contributed by atoms with Crippen molar-refractivity contribution in [2.75, 3.05) is 19.0 Å². The van der Waals surface area contributed by atoms with Crippen molar-refractivity contribution in [2.24, 2.45) is 0 Å². The molecule has 0 fully saturated rings. The molecule has 1 amide bonds. The number of benzene rings is 2. The summed E-state index contributed by atoms with van der Waals surface area (Å²) in [5.74, 6) is 6.95. The first-order chi connectivity index (χ1) is 18.1. The van der Waals surface area contributed by atoms with Crippen LogP contribution in [0.25, 0.3) is 10.2 Å². The van der Waals surface area contributed by atoms with E-state index in [0.29, 0.717) is 27.8 Å². The Kier molecular flexibility index (Phi) is 8.35. The number of methoxy groups -OCH3 is 1. The minimum atomic E-state index is -0.426. The number of ether oxygens (including phenoxy) is 2. The largest absolute Gasteiger partial charge is 0.487 e. The van der Waals surface area contributed by atoms with Crippen LogP contribution in [0.1, 0.15) is 31.2 Å². The third-order valence-corrected chi connectivity index (χ3v) is 6.71. The van der Waals surface area contributed by atoms with E-state index in [2.05, 4.69) is 27.1 Å². The highest BCUT2D eigenvalue weighted by Crippen LogP contribution is 2.33. The summed E-state index contributed by atoms with van der Waals surface area (Å²) in [7, 11) is 1.36. The Morgan fingerprint density at radius 2 is 2.00 bits per heavy atom. The molecule has 0 aliphatic heterocycles. The molecule has 4 aromatic rings. The number of aromatic nitrogens is 2. The second-order valence-electron chi connectivity index (χ2n) is 9.27. The number of carbonyl (C=O) groups is 1. The second-order valence-corrected chi connectivity index (χ2v) is 10.7. The van der Waals surface area contributed by atoms with Crippen molar-refractivity contribution in [1.29, 1.82) is 0 Å². The van der Waals surface area contributed by atoms with Crippen molar-refractivity contribution in [3.63, 3.8) is 0 Å². The summed E-state index contributed by atoms with van der Waals surface area (Å²) in [5.41, 5.74) is 0.997. The van der Waals surface area contributed by atoms with Crippen LogP contribution < -0.4 is 10.1 Å². The van der Waals surface area contributed by atoms with Crippen LogP contribution in [0.3, 0.4) is 0 Å². The molecule has 196 valence electrons. The van der Waals surface area contributed by atoms with Gasteiger partial charge >= 0.3 is 6.09 Å². The molecule has 10 heteroatoms. The quantitative estimate of drug-likeness (QED) is 0.259. The number of fused-ring (bicyclic) bond motifs is 1. The summed E-state index contributed by atoms with van der Waals surface area (Å²) in [4.78, 5) is 24.0. The Morgan fingerprint density at radius 3 is 2.71 bits per heavy atom. The fourth-order valence-corrected chi connectivity index (χ4v) is 4.64. The Balaban J connectivity index is 1.48. The van der Waals surface area contributed by atoms with Gasteiger partial charge in [-0.05, 0) is 62.7 Å². The van der Waals surface area contributed by atoms with Gasteiger partial charge in [-0.15, -0.1) is 11.3 Å². The van der Waals surface area contributed by atoms with Crippen LogP contribution in [-0.4, -0.2) is 40.2 Å². The lowest BCUT2D eigenvalue weighted by Crippen LogP contribution is -2.45. The first-order valence-electron chi connectivity index (χ1n) is 11.7. The minimum Gasteiger partial charge on any atom is -0.487 e. The lowest BCUT2D eigenvalue weighted by Gasteiger charge is -2.32. The van der Waals surface area contributed by atoms with Gasteiger partial charge in [0.25, 0.3) is 0 Å². The number of nitrogens with zero attached hydrogens (tertiary/aromatic N) is 3. The first-order valence-corrected chi connectivity index (χ1v) is 12.9. The van der Waals surface area contributed by atoms with Crippen molar-refractivity contribution in [2.45, 2.75) is 32.9 Å². The molecule has 0 saturated heterocycles. The van der Waals surface area contributed by atoms with Crippen LogP contribution in [0, 0.1) is 17.7 Å². The van der Waals surface area contributed by atoms with Gasteiger partial charge in [0.1, 0.15) is 35.1 Å².